The summed E-state index contributed by atoms with van der Waals surface area (Å²) in [6, 6.07) is -0.516. The van der Waals surface area contributed by atoms with Gasteiger partial charge in [0.1, 0.15) is 0 Å². The second kappa shape index (κ2) is 7.09. The molecule has 1 fully saturated rings. The Bertz CT molecular complexity index is 296. The predicted molar refractivity (Wildman–Crippen MR) is 66.5 cm³/mol. The maximum atomic E-state index is 12.2. The molecule has 1 unspecified atom stereocenters. The molecule has 0 aromatic heterocycles. The van der Waals surface area contributed by atoms with Crippen LogP contribution in [-0.2, 0) is 4.79 Å². The summed E-state index contributed by atoms with van der Waals surface area (Å²) in [5.41, 5.74) is 5.65. The Kier molecular flexibility index (Phi) is 6.06. The van der Waals surface area contributed by atoms with Crippen LogP contribution < -0.4 is 11.1 Å². The highest BCUT2D eigenvalue weighted by atomic mass is 19.4. The first-order valence-electron chi connectivity index (χ1n) is 6.64. The van der Waals surface area contributed by atoms with Gasteiger partial charge in [-0.3, -0.25) is 9.69 Å². The van der Waals surface area contributed by atoms with E-state index in [0.717, 1.165) is 6.42 Å². The van der Waals surface area contributed by atoms with Crippen molar-refractivity contribution in [3.05, 3.63) is 0 Å². The molecule has 19 heavy (non-hydrogen) atoms. The number of nitrogens with one attached hydrogen (secondary N) is 1. The van der Waals surface area contributed by atoms with E-state index in [0.29, 0.717) is 32.5 Å². The third-order valence-corrected chi connectivity index (χ3v) is 3.27. The van der Waals surface area contributed by atoms with Crippen LogP contribution in [0.4, 0.5) is 13.2 Å². The van der Waals surface area contributed by atoms with Crippen LogP contribution >= 0.6 is 0 Å². The molecule has 0 bridgehead atoms. The van der Waals surface area contributed by atoms with E-state index in [1.54, 1.807) is 0 Å². The fraction of sp³-hybridized carbons (Fsp3) is 0.917. The maximum Gasteiger partial charge on any atom is 0.401 e. The van der Waals surface area contributed by atoms with Gasteiger partial charge in [0.2, 0.25) is 5.91 Å². The molecule has 1 aliphatic heterocycles. The molecule has 0 spiro atoms. The number of carbonyl (C=O) groups excluding carboxylic acids is 1. The monoisotopic (exact) mass is 281 g/mol. The van der Waals surface area contributed by atoms with Gasteiger partial charge in [0.25, 0.3) is 0 Å². The molecule has 4 nitrogen and oxygen atoms in total. The van der Waals surface area contributed by atoms with Gasteiger partial charge in [-0.05, 0) is 25.3 Å². The zero-order chi connectivity index (χ0) is 14.5. The van der Waals surface area contributed by atoms with Gasteiger partial charge in [0, 0.05) is 13.1 Å². The first-order chi connectivity index (χ1) is 8.81. The van der Waals surface area contributed by atoms with E-state index >= 15 is 0 Å². The Morgan fingerprint density at radius 1 is 1.53 bits per heavy atom. The quantitative estimate of drug-likeness (QED) is 0.767. The van der Waals surface area contributed by atoms with Crippen LogP contribution in [-0.4, -0.2) is 49.2 Å². The normalized spacial score (nSPS) is 22.5. The Balaban J connectivity index is 2.24. The third-order valence-electron chi connectivity index (χ3n) is 3.27. The summed E-state index contributed by atoms with van der Waals surface area (Å²) < 4.78 is 36.6. The number of halogens is 3. The lowest BCUT2D eigenvalue weighted by atomic mass is 10.1. The molecule has 7 heteroatoms. The molecule has 112 valence electrons. The summed E-state index contributed by atoms with van der Waals surface area (Å²) in [5.74, 6) is -0.128. The van der Waals surface area contributed by atoms with Crippen LogP contribution in [0.3, 0.4) is 0 Å². The molecule has 2 atom stereocenters. The number of nitrogens with zero attached hydrogens (tertiary/aromatic N) is 1. The summed E-state index contributed by atoms with van der Waals surface area (Å²) in [6.45, 7) is 2.29. The van der Waals surface area contributed by atoms with Crippen molar-refractivity contribution >= 4 is 5.91 Å². The highest BCUT2D eigenvalue weighted by Gasteiger charge is 2.34. The molecule has 0 radical (unpaired) electrons. The largest absolute Gasteiger partial charge is 0.401 e. The van der Waals surface area contributed by atoms with Crippen molar-refractivity contribution in [2.45, 2.75) is 38.4 Å². The molecule has 0 aromatic carbocycles. The van der Waals surface area contributed by atoms with Crippen LogP contribution in [0.2, 0.25) is 0 Å². The van der Waals surface area contributed by atoms with E-state index < -0.39 is 18.8 Å². The number of amides is 1. The van der Waals surface area contributed by atoms with Gasteiger partial charge in [-0.25, -0.2) is 0 Å². The maximum absolute atomic E-state index is 12.2. The van der Waals surface area contributed by atoms with E-state index in [1.807, 2.05) is 6.92 Å². The molecule has 1 amide bonds. The number of nitrogens with two attached hydrogens (primary N) is 1. The Labute approximate surface area is 111 Å². The van der Waals surface area contributed by atoms with E-state index in [1.165, 1.54) is 4.90 Å². The molecule has 1 aliphatic rings. The average Bonchev–Trinajstić information content (AvgIpc) is 2.71. The minimum absolute atomic E-state index is 0.0835. The average molecular weight is 281 g/mol. The number of likely N-dealkylation sites (tertiary alicyclic amines) is 1. The van der Waals surface area contributed by atoms with Gasteiger partial charge in [-0.2, -0.15) is 13.2 Å². The number of hydrogen-bond donors (Lipinski definition) is 2. The molecular weight excluding hydrogens is 259 g/mol. The molecule has 1 saturated heterocycles. The lowest BCUT2D eigenvalue weighted by Gasteiger charge is -2.18. The fourth-order valence-electron chi connectivity index (χ4n) is 2.29. The van der Waals surface area contributed by atoms with Gasteiger partial charge in [0.05, 0.1) is 12.6 Å². The van der Waals surface area contributed by atoms with Gasteiger partial charge in [-0.15, -0.1) is 0 Å². The molecule has 0 aliphatic carbocycles. The molecule has 0 saturated carbocycles. The van der Waals surface area contributed by atoms with E-state index in [4.69, 9.17) is 5.73 Å². The number of rotatable bonds is 6. The minimum atomic E-state index is -4.15. The fourth-order valence-corrected chi connectivity index (χ4v) is 2.29. The van der Waals surface area contributed by atoms with Crippen LogP contribution in [0.15, 0.2) is 0 Å². The Hall–Kier alpha value is -0.820. The van der Waals surface area contributed by atoms with Crippen molar-refractivity contribution in [1.82, 2.24) is 10.2 Å². The summed E-state index contributed by atoms with van der Waals surface area (Å²) >= 11 is 0. The second-order valence-corrected chi connectivity index (χ2v) is 5.15. The smallest absolute Gasteiger partial charge is 0.354 e. The predicted octanol–water partition coefficient (Wildman–Crippen LogP) is 1.11. The molecule has 0 aromatic rings. The minimum Gasteiger partial charge on any atom is -0.354 e. The molecule has 1 rings (SSSR count). The van der Waals surface area contributed by atoms with Gasteiger partial charge < -0.3 is 11.1 Å². The highest BCUT2D eigenvalue weighted by molar-refractivity contribution is 5.81. The number of alkyl halides is 3. The van der Waals surface area contributed by atoms with Gasteiger partial charge in [0.15, 0.2) is 0 Å². The third kappa shape index (κ3) is 6.24. The molecular formula is C12H22F3N3O. The molecule has 3 N–H and O–H groups in total. The van der Waals surface area contributed by atoms with Gasteiger partial charge >= 0.3 is 6.18 Å². The topological polar surface area (TPSA) is 58.4 Å². The van der Waals surface area contributed by atoms with Crippen LogP contribution in [0, 0.1) is 5.92 Å². The SMILES string of the molecule is CCC[C@@H](N)C(=O)NCC1CCN(CC(F)(F)F)C1. The van der Waals surface area contributed by atoms with Crippen LogP contribution in [0.25, 0.3) is 0 Å². The van der Waals surface area contributed by atoms with Crippen molar-refractivity contribution in [2.24, 2.45) is 11.7 Å². The summed E-state index contributed by atoms with van der Waals surface area (Å²) in [6.07, 6.45) is -2.02. The first-order valence-corrected chi connectivity index (χ1v) is 6.64. The van der Waals surface area contributed by atoms with Gasteiger partial charge in [-0.1, -0.05) is 13.3 Å². The highest BCUT2D eigenvalue weighted by Crippen LogP contribution is 2.22. The Morgan fingerprint density at radius 3 is 2.79 bits per heavy atom. The zero-order valence-corrected chi connectivity index (χ0v) is 11.2. The zero-order valence-electron chi connectivity index (χ0n) is 11.2. The number of hydrogen-bond acceptors (Lipinski definition) is 3. The van der Waals surface area contributed by atoms with Crippen LogP contribution in [0.1, 0.15) is 26.2 Å². The Morgan fingerprint density at radius 2 is 2.21 bits per heavy atom. The molecule has 1 heterocycles. The lowest BCUT2D eigenvalue weighted by Crippen LogP contribution is -2.42. The van der Waals surface area contributed by atoms with Crippen molar-refractivity contribution < 1.29 is 18.0 Å². The van der Waals surface area contributed by atoms with Crippen molar-refractivity contribution in [1.29, 1.82) is 0 Å². The summed E-state index contributed by atoms with van der Waals surface area (Å²) in [5, 5.41) is 2.72. The lowest BCUT2D eigenvalue weighted by molar-refractivity contribution is -0.143. The van der Waals surface area contributed by atoms with Crippen molar-refractivity contribution in [3.8, 4) is 0 Å². The van der Waals surface area contributed by atoms with Crippen molar-refractivity contribution in [3.63, 3.8) is 0 Å². The standard InChI is InChI=1S/C12H22F3N3O/c1-2-3-10(16)11(19)17-6-9-4-5-18(7-9)8-12(13,14)15/h9-10H,2-8,16H2,1H3,(H,17,19)/t9?,10-/m1/s1. The van der Waals surface area contributed by atoms with E-state index in [9.17, 15) is 18.0 Å². The summed E-state index contributed by atoms with van der Waals surface area (Å²) in [7, 11) is 0. The first kappa shape index (κ1) is 16.2. The second-order valence-electron chi connectivity index (χ2n) is 5.15. The van der Waals surface area contributed by atoms with Crippen LogP contribution in [0.5, 0.6) is 0 Å². The van der Waals surface area contributed by atoms with E-state index in [2.05, 4.69) is 5.32 Å². The number of carbonyl (C=O) groups is 1. The van der Waals surface area contributed by atoms with E-state index in [-0.39, 0.29) is 11.8 Å². The summed E-state index contributed by atoms with van der Waals surface area (Å²) in [4.78, 5) is 12.9. The van der Waals surface area contributed by atoms with Crippen molar-refractivity contribution in [2.75, 3.05) is 26.2 Å².